The number of aromatic nitrogens is 1. The third kappa shape index (κ3) is 6.99. The van der Waals surface area contributed by atoms with Crippen molar-refractivity contribution in [3.05, 3.63) is 35.9 Å². The van der Waals surface area contributed by atoms with E-state index in [4.69, 9.17) is 9.05 Å². The Morgan fingerprint density at radius 3 is 2.30 bits per heavy atom. The zero-order valence-corrected chi connectivity index (χ0v) is 13.2. The van der Waals surface area contributed by atoms with Crippen LogP contribution in [0.4, 0.5) is 0 Å². The standard InChI is InChI=1S/C15H24NO3P/c1-3-5-12-18-20(17,19-13-6-4-2)14-10-15-9-7-8-11-16-15/h7-11,14H,3-6,12-13H2,1-2H3. The number of pyridine rings is 1. The van der Waals surface area contributed by atoms with Crippen molar-refractivity contribution in [1.82, 2.24) is 4.98 Å². The zero-order chi connectivity index (χ0) is 14.7. The normalized spacial score (nSPS) is 12.1. The lowest BCUT2D eigenvalue weighted by molar-refractivity contribution is 0.208. The van der Waals surface area contributed by atoms with Gasteiger partial charge in [0.05, 0.1) is 18.9 Å². The maximum atomic E-state index is 12.6. The minimum absolute atomic E-state index is 0.451. The molecule has 0 aliphatic heterocycles. The van der Waals surface area contributed by atoms with Crippen LogP contribution >= 0.6 is 7.60 Å². The lowest BCUT2D eigenvalue weighted by Crippen LogP contribution is -1.97. The van der Waals surface area contributed by atoms with Gasteiger partial charge in [-0.15, -0.1) is 0 Å². The van der Waals surface area contributed by atoms with Crippen molar-refractivity contribution in [2.24, 2.45) is 0 Å². The second-order valence-corrected chi connectivity index (χ2v) is 6.38. The molecule has 1 heterocycles. The molecule has 5 heteroatoms. The zero-order valence-electron chi connectivity index (χ0n) is 12.3. The van der Waals surface area contributed by atoms with E-state index in [-0.39, 0.29) is 0 Å². The minimum Gasteiger partial charge on any atom is -0.306 e. The molecule has 0 aliphatic rings. The largest absolute Gasteiger partial charge is 0.354 e. The predicted octanol–water partition coefficient (Wildman–Crippen LogP) is 4.88. The second kappa shape index (κ2) is 9.87. The molecular weight excluding hydrogens is 273 g/mol. The average Bonchev–Trinajstić information content (AvgIpc) is 2.47. The molecule has 112 valence electrons. The number of unbranched alkanes of at least 4 members (excludes halogenated alkanes) is 2. The summed E-state index contributed by atoms with van der Waals surface area (Å²) in [4.78, 5) is 4.16. The first-order valence-electron chi connectivity index (χ1n) is 7.19. The topological polar surface area (TPSA) is 48.4 Å². The van der Waals surface area contributed by atoms with E-state index < -0.39 is 7.60 Å². The molecule has 1 rings (SSSR count). The Balaban J connectivity index is 2.65. The predicted molar refractivity (Wildman–Crippen MR) is 82.6 cm³/mol. The summed E-state index contributed by atoms with van der Waals surface area (Å²) in [7, 11) is -3.16. The summed E-state index contributed by atoms with van der Waals surface area (Å²) in [6.07, 6.45) is 7.13. The Kier molecular flexibility index (Phi) is 8.43. The van der Waals surface area contributed by atoms with Crippen LogP contribution in [-0.2, 0) is 13.6 Å². The van der Waals surface area contributed by atoms with Gasteiger partial charge >= 0.3 is 7.60 Å². The van der Waals surface area contributed by atoms with E-state index in [1.54, 1.807) is 12.3 Å². The molecule has 0 amide bonds. The number of nitrogens with zero attached hydrogens (tertiary/aromatic N) is 1. The summed E-state index contributed by atoms with van der Waals surface area (Å²) < 4.78 is 23.5. The minimum atomic E-state index is -3.16. The molecule has 0 spiro atoms. The average molecular weight is 297 g/mol. The fraction of sp³-hybridized carbons (Fsp3) is 0.533. The molecular formula is C15H24NO3P. The van der Waals surface area contributed by atoms with E-state index in [9.17, 15) is 4.57 Å². The summed E-state index contributed by atoms with van der Waals surface area (Å²) in [5.74, 6) is 1.51. The van der Waals surface area contributed by atoms with Gasteiger partial charge in [0.15, 0.2) is 0 Å². The lowest BCUT2D eigenvalue weighted by atomic mass is 10.3. The van der Waals surface area contributed by atoms with Crippen molar-refractivity contribution in [2.45, 2.75) is 39.5 Å². The fourth-order valence-electron chi connectivity index (χ4n) is 1.44. The molecule has 0 N–H and O–H groups in total. The van der Waals surface area contributed by atoms with Gasteiger partial charge in [0.2, 0.25) is 0 Å². The smallest absolute Gasteiger partial charge is 0.306 e. The quantitative estimate of drug-likeness (QED) is 0.456. The van der Waals surface area contributed by atoms with Crippen molar-refractivity contribution in [2.75, 3.05) is 13.2 Å². The summed E-state index contributed by atoms with van der Waals surface area (Å²) in [5.41, 5.74) is 0.742. The fourth-order valence-corrected chi connectivity index (χ4v) is 2.79. The summed E-state index contributed by atoms with van der Waals surface area (Å²) in [6.45, 7) is 5.03. The van der Waals surface area contributed by atoms with Crippen molar-refractivity contribution >= 4 is 13.7 Å². The Bertz CT molecular complexity index is 420. The summed E-state index contributed by atoms with van der Waals surface area (Å²) in [6, 6.07) is 5.57. The van der Waals surface area contributed by atoms with Gasteiger partial charge in [-0.2, -0.15) is 0 Å². The van der Waals surface area contributed by atoms with Crippen LogP contribution in [0.5, 0.6) is 0 Å². The van der Waals surface area contributed by atoms with Crippen molar-refractivity contribution in [3.8, 4) is 0 Å². The number of hydrogen-bond acceptors (Lipinski definition) is 4. The molecule has 0 fully saturated rings. The van der Waals surface area contributed by atoms with Crippen LogP contribution in [0.1, 0.15) is 45.2 Å². The monoisotopic (exact) mass is 297 g/mol. The molecule has 0 bridgehead atoms. The van der Waals surface area contributed by atoms with Crippen molar-refractivity contribution in [1.29, 1.82) is 0 Å². The van der Waals surface area contributed by atoms with Gasteiger partial charge in [-0.25, -0.2) is 0 Å². The van der Waals surface area contributed by atoms with Gasteiger partial charge in [-0.3, -0.25) is 9.55 Å². The highest BCUT2D eigenvalue weighted by molar-refractivity contribution is 7.57. The highest BCUT2D eigenvalue weighted by atomic mass is 31.2. The first-order valence-corrected chi connectivity index (χ1v) is 8.80. The SMILES string of the molecule is CCCCOP(=O)(C=Cc1ccccn1)OCCCC. The van der Waals surface area contributed by atoms with Gasteiger partial charge in [0, 0.05) is 12.0 Å². The van der Waals surface area contributed by atoms with Crippen LogP contribution in [0.15, 0.2) is 30.2 Å². The van der Waals surface area contributed by atoms with E-state index in [0.29, 0.717) is 13.2 Å². The molecule has 1 aromatic heterocycles. The molecule has 0 aliphatic carbocycles. The maximum Gasteiger partial charge on any atom is 0.354 e. The Morgan fingerprint density at radius 2 is 1.80 bits per heavy atom. The Morgan fingerprint density at radius 1 is 1.15 bits per heavy atom. The van der Waals surface area contributed by atoms with Crippen LogP contribution in [0, 0.1) is 0 Å². The van der Waals surface area contributed by atoms with Gasteiger partial charge in [-0.05, 0) is 31.1 Å². The molecule has 0 saturated heterocycles. The van der Waals surface area contributed by atoms with E-state index in [1.165, 1.54) is 5.82 Å². The molecule has 0 radical (unpaired) electrons. The van der Waals surface area contributed by atoms with Crippen molar-refractivity contribution in [3.63, 3.8) is 0 Å². The molecule has 4 nitrogen and oxygen atoms in total. The molecule has 20 heavy (non-hydrogen) atoms. The molecule has 1 aromatic rings. The van der Waals surface area contributed by atoms with Crippen molar-refractivity contribution < 1.29 is 13.6 Å². The molecule has 0 unspecified atom stereocenters. The highest BCUT2D eigenvalue weighted by Crippen LogP contribution is 2.50. The summed E-state index contributed by atoms with van der Waals surface area (Å²) >= 11 is 0. The van der Waals surface area contributed by atoms with Crippen LogP contribution in [-0.4, -0.2) is 18.2 Å². The summed E-state index contributed by atoms with van der Waals surface area (Å²) in [5, 5.41) is 0. The highest BCUT2D eigenvalue weighted by Gasteiger charge is 2.20. The third-order valence-corrected chi connectivity index (χ3v) is 4.25. The van der Waals surface area contributed by atoms with Gasteiger partial charge in [0.25, 0.3) is 0 Å². The van der Waals surface area contributed by atoms with Gasteiger partial charge < -0.3 is 9.05 Å². The molecule has 0 atom stereocenters. The van der Waals surface area contributed by atoms with Gasteiger partial charge in [0.1, 0.15) is 0 Å². The first-order chi connectivity index (χ1) is 9.70. The molecule has 0 saturated carbocycles. The van der Waals surface area contributed by atoms with Crippen LogP contribution < -0.4 is 0 Å². The van der Waals surface area contributed by atoms with Crippen LogP contribution in [0.25, 0.3) is 6.08 Å². The van der Waals surface area contributed by atoms with Gasteiger partial charge in [-0.1, -0.05) is 32.8 Å². The second-order valence-electron chi connectivity index (χ2n) is 4.48. The van der Waals surface area contributed by atoms with E-state index in [2.05, 4.69) is 18.8 Å². The van der Waals surface area contributed by atoms with E-state index >= 15 is 0 Å². The molecule has 0 aromatic carbocycles. The Hall–Kier alpha value is -0.960. The number of rotatable bonds is 10. The van der Waals surface area contributed by atoms with E-state index in [0.717, 1.165) is 31.4 Å². The van der Waals surface area contributed by atoms with Crippen LogP contribution in [0.2, 0.25) is 0 Å². The van der Waals surface area contributed by atoms with E-state index in [1.807, 2.05) is 18.2 Å². The lowest BCUT2D eigenvalue weighted by Gasteiger charge is -2.14. The maximum absolute atomic E-state index is 12.6. The van der Waals surface area contributed by atoms with Crippen LogP contribution in [0.3, 0.4) is 0 Å². The Labute approximate surface area is 121 Å². The number of hydrogen-bond donors (Lipinski definition) is 0. The first kappa shape index (κ1) is 17.1. The third-order valence-electron chi connectivity index (χ3n) is 2.65.